The summed E-state index contributed by atoms with van der Waals surface area (Å²) in [4.78, 5) is 24.1. The van der Waals surface area contributed by atoms with Gasteiger partial charge < -0.3 is 13.9 Å². The van der Waals surface area contributed by atoms with Crippen LogP contribution in [0.2, 0.25) is 5.02 Å². The van der Waals surface area contributed by atoms with Gasteiger partial charge in [-0.05, 0) is 17.7 Å². The van der Waals surface area contributed by atoms with E-state index >= 15 is 0 Å². The van der Waals surface area contributed by atoms with Crippen LogP contribution in [0.1, 0.15) is 21.7 Å². The summed E-state index contributed by atoms with van der Waals surface area (Å²) in [5.41, 5.74) is 0.105. The number of carbonyl (C=O) groups excluding carboxylic acids is 1. The lowest BCUT2D eigenvalue weighted by molar-refractivity contribution is 0.0437. The Kier molecular flexibility index (Phi) is 5.88. The van der Waals surface area contributed by atoms with Crippen molar-refractivity contribution in [2.24, 2.45) is 0 Å². The van der Waals surface area contributed by atoms with Crippen LogP contribution in [0.5, 0.6) is 5.75 Å². The Morgan fingerprint density at radius 3 is 2.56 bits per heavy atom. The van der Waals surface area contributed by atoms with E-state index in [9.17, 15) is 14.0 Å². The molecule has 138 valence electrons. The van der Waals surface area contributed by atoms with Gasteiger partial charge in [0.2, 0.25) is 11.2 Å². The number of ether oxygens (including phenoxy) is 2. The largest absolute Gasteiger partial charge is 0.482 e. The van der Waals surface area contributed by atoms with Gasteiger partial charge in [0.05, 0.1) is 5.02 Å². The first-order chi connectivity index (χ1) is 13.0. The quantitative estimate of drug-likeness (QED) is 0.587. The Bertz CT molecular complexity index is 981. The van der Waals surface area contributed by atoms with E-state index in [1.54, 1.807) is 0 Å². The molecule has 0 spiro atoms. The topological polar surface area (TPSA) is 65.7 Å². The predicted molar refractivity (Wildman–Crippen MR) is 96.3 cm³/mol. The van der Waals surface area contributed by atoms with Gasteiger partial charge in [-0.25, -0.2) is 9.18 Å². The Labute approximate surface area is 158 Å². The molecule has 0 atom stereocenters. The lowest BCUT2D eigenvalue weighted by Crippen LogP contribution is -2.11. The second-order valence-corrected chi connectivity index (χ2v) is 5.93. The molecule has 3 rings (SSSR count). The van der Waals surface area contributed by atoms with E-state index < -0.39 is 17.2 Å². The van der Waals surface area contributed by atoms with Crippen molar-refractivity contribution >= 4 is 17.6 Å². The maximum Gasteiger partial charge on any atom is 0.343 e. The average molecular weight is 389 g/mol. The minimum Gasteiger partial charge on any atom is -0.482 e. The van der Waals surface area contributed by atoms with Crippen molar-refractivity contribution in [1.82, 2.24) is 0 Å². The molecular weight excluding hydrogens is 375 g/mol. The molecule has 0 unspecified atom stereocenters. The molecule has 0 N–H and O–H groups in total. The highest BCUT2D eigenvalue weighted by atomic mass is 35.5. The summed E-state index contributed by atoms with van der Waals surface area (Å²) in [6, 6.07) is 14.3. The number of esters is 1. The number of rotatable bonds is 6. The Balaban J connectivity index is 1.62. The van der Waals surface area contributed by atoms with Gasteiger partial charge in [-0.2, -0.15) is 0 Å². The molecule has 1 heterocycles. The molecule has 0 fully saturated rings. The van der Waals surface area contributed by atoms with Gasteiger partial charge in [-0.15, -0.1) is 0 Å². The highest BCUT2D eigenvalue weighted by molar-refractivity contribution is 6.33. The van der Waals surface area contributed by atoms with Crippen LogP contribution >= 0.6 is 11.6 Å². The van der Waals surface area contributed by atoms with Gasteiger partial charge in [0.1, 0.15) is 36.6 Å². The number of halogens is 2. The van der Waals surface area contributed by atoms with Gasteiger partial charge in [0.15, 0.2) is 0 Å². The van der Waals surface area contributed by atoms with E-state index in [-0.39, 0.29) is 35.3 Å². The van der Waals surface area contributed by atoms with E-state index in [0.29, 0.717) is 0 Å². The van der Waals surface area contributed by atoms with Crippen molar-refractivity contribution in [1.29, 1.82) is 0 Å². The summed E-state index contributed by atoms with van der Waals surface area (Å²) in [5, 5.41) is -0.0638. The fraction of sp³-hybridized carbons (Fsp3) is 0.100. The van der Waals surface area contributed by atoms with E-state index in [1.807, 2.05) is 30.3 Å². The van der Waals surface area contributed by atoms with Crippen LogP contribution < -0.4 is 10.2 Å². The standard InChI is InChI=1S/C20H14ClFO5/c21-15-7-4-8-16(22)19(15)20(24)27-11-14-9-17(23)18(12-25-14)26-10-13-5-2-1-3-6-13/h1-9,12H,10-11H2. The van der Waals surface area contributed by atoms with E-state index in [1.165, 1.54) is 12.1 Å². The maximum absolute atomic E-state index is 13.7. The summed E-state index contributed by atoms with van der Waals surface area (Å²) in [7, 11) is 0. The minimum absolute atomic E-state index is 0.0334. The fourth-order valence-electron chi connectivity index (χ4n) is 2.26. The lowest BCUT2D eigenvalue weighted by atomic mass is 10.2. The molecule has 0 saturated heterocycles. The summed E-state index contributed by atoms with van der Waals surface area (Å²) >= 11 is 5.81. The number of carbonyl (C=O) groups is 1. The first kappa shape index (κ1) is 18.7. The smallest absolute Gasteiger partial charge is 0.343 e. The second-order valence-electron chi connectivity index (χ2n) is 5.52. The van der Waals surface area contributed by atoms with Gasteiger partial charge >= 0.3 is 5.97 Å². The molecule has 0 aliphatic heterocycles. The zero-order valence-electron chi connectivity index (χ0n) is 14.0. The van der Waals surface area contributed by atoms with Crippen molar-refractivity contribution in [2.45, 2.75) is 13.2 Å². The summed E-state index contributed by atoms with van der Waals surface area (Å²) < 4.78 is 29.3. The van der Waals surface area contributed by atoms with Crippen molar-refractivity contribution in [2.75, 3.05) is 0 Å². The Hall–Kier alpha value is -3.12. The fourth-order valence-corrected chi connectivity index (χ4v) is 2.50. The number of hydrogen-bond acceptors (Lipinski definition) is 5. The van der Waals surface area contributed by atoms with Crippen molar-refractivity contribution in [3.63, 3.8) is 0 Å². The van der Waals surface area contributed by atoms with E-state index in [4.69, 9.17) is 25.5 Å². The number of benzene rings is 2. The third kappa shape index (κ3) is 4.74. The van der Waals surface area contributed by atoms with Crippen molar-refractivity contribution in [3.8, 4) is 5.75 Å². The van der Waals surface area contributed by atoms with Crippen LogP contribution in [0.3, 0.4) is 0 Å². The first-order valence-electron chi connectivity index (χ1n) is 7.94. The Morgan fingerprint density at radius 1 is 1.07 bits per heavy atom. The van der Waals surface area contributed by atoms with Crippen LogP contribution in [-0.2, 0) is 18.0 Å². The maximum atomic E-state index is 13.7. The summed E-state index contributed by atoms with van der Waals surface area (Å²) in [6.45, 7) is -0.135. The molecule has 0 aliphatic carbocycles. The normalized spacial score (nSPS) is 10.4. The molecule has 0 aliphatic rings. The summed E-state index contributed by atoms with van der Waals surface area (Å²) in [5.74, 6) is -1.62. The van der Waals surface area contributed by atoms with Crippen LogP contribution in [-0.4, -0.2) is 5.97 Å². The first-order valence-corrected chi connectivity index (χ1v) is 8.32. The second kappa shape index (κ2) is 8.51. The highest BCUT2D eigenvalue weighted by Crippen LogP contribution is 2.20. The molecule has 2 aromatic carbocycles. The molecule has 7 heteroatoms. The van der Waals surface area contributed by atoms with Gasteiger partial charge in [-0.3, -0.25) is 4.79 Å². The number of hydrogen-bond donors (Lipinski definition) is 0. The zero-order valence-corrected chi connectivity index (χ0v) is 14.7. The molecule has 3 aromatic rings. The summed E-state index contributed by atoms with van der Waals surface area (Å²) in [6.07, 6.45) is 1.14. The molecule has 0 bridgehead atoms. The molecule has 0 radical (unpaired) electrons. The van der Waals surface area contributed by atoms with Gasteiger partial charge in [0, 0.05) is 6.07 Å². The molecule has 0 amide bonds. The monoisotopic (exact) mass is 388 g/mol. The average Bonchev–Trinajstić information content (AvgIpc) is 2.66. The molecule has 5 nitrogen and oxygen atoms in total. The molecular formula is C20H14ClFO5. The van der Waals surface area contributed by atoms with Gasteiger partial charge in [-0.1, -0.05) is 48.0 Å². The minimum atomic E-state index is -0.954. The molecule has 1 aromatic heterocycles. The Morgan fingerprint density at radius 2 is 1.85 bits per heavy atom. The zero-order chi connectivity index (χ0) is 19.2. The third-order valence-electron chi connectivity index (χ3n) is 3.60. The third-order valence-corrected chi connectivity index (χ3v) is 3.92. The van der Waals surface area contributed by atoms with Crippen molar-refractivity contribution < 1.29 is 23.1 Å². The van der Waals surface area contributed by atoms with Crippen LogP contribution in [0.25, 0.3) is 0 Å². The van der Waals surface area contributed by atoms with Gasteiger partial charge in [0.25, 0.3) is 0 Å². The predicted octanol–water partition coefficient (Wildman–Crippen LogP) is 4.37. The van der Waals surface area contributed by atoms with E-state index in [0.717, 1.165) is 24.0 Å². The molecule has 27 heavy (non-hydrogen) atoms. The van der Waals surface area contributed by atoms with Crippen LogP contribution in [0.15, 0.2) is 70.1 Å². The van der Waals surface area contributed by atoms with E-state index in [2.05, 4.69) is 0 Å². The van der Waals surface area contributed by atoms with Crippen LogP contribution in [0, 0.1) is 5.82 Å². The molecule has 0 saturated carbocycles. The van der Waals surface area contributed by atoms with Crippen molar-refractivity contribution in [3.05, 3.63) is 98.8 Å². The lowest BCUT2D eigenvalue weighted by Gasteiger charge is -2.08. The SMILES string of the molecule is O=C(OCc1cc(=O)c(OCc2ccccc2)co1)c1c(F)cccc1Cl. The van der Waals surface area contributed by atoms with Crippen LogP contribution in [0.4, 0.5) is 4.39 Å². The highest BCUT2D eigenvalue weighted by Gasteiger charge is 2.18.